The Bertz CT molecular complexity index is 1380. The number of nitrogens with zero attached hydrogens (tertiary/aromatic N) is 5. The first-order valence-electron chi connectivity index (χ1n) is 14.8. The Labute approximate surface area is 241 Å². The highest BCUT2D eigenvalue weighted by atomic mass is 16.5. The molecule has 5 rings (SSSR count). The quantitative estimate of drug-likeness (QED) is 0.507. The summed E-state index contributed by atoms with van der Waals surface area (Å²) in [6.45, 7) is 6.24. The van der Waals surface area contributed by atoms with Gasteiger partial charge in [0.15, 0.2) is 5.69 Å². The van der Waals surface area contributed by atoms with Gasteiger partial charge in [0.1, 0.15) is 5.69 Å². The molecular weight excluding hydrogens is 520 g/mol. The number of nitrogens with one attached hydrogen (secondary N) is 1. The van der Waals surface area contributed by atoms with Gasteiger partial charge < -0.3 is 19.6 Å². The topological polar surface area (TPSA) is 114 Å². The third-order valence-electron chi connectivity index (χ3n) is 8.14. The number of amides is 3. The van der Waals surface area contributed by atoms with Crippen LogP contribution < -0.4 is 5.32 Å². The molecule has 0 saturated heterocycles. The Morgan fingerprint density at radius 3 is 2.68 bits per heavy atom. The lowest BCUT2D eigenvalue weighted by atomic mass is 9.89. The smallest absolute Gasteiger partial charge is 0.292 e. The Morgan fingerprint density at radius 1 is 1.12 bits per heavy atom. The maximum atomic E-state index is 13.6. The van der Waals surface area contributed by atoms with Crippen molar-refractivity contribution in [2.75, 3.05) is 26.2 Å². The van der Waals surface area contributed by atoms with Crippen LogP contribution in [0.5, 0.6) is 0 Å². The van der Waals surface area contributed by atoms with Crippen LogP contribution in [0.2, 0.25) is 0 Å². The second-order valence-corrected chi connectivity index (χ2v) is 11.5. The maximum Gasteiger partial charge on any atom is 0.292 e. The number of aromatic nitrogens is 3. The molecule has 1 N–H and O–H groups in total. The van der Waals surface area contributed by atoms with Gasteiger partial charge in [-0.25, -0.2) is 0 Å². The fourth-order valence-electron chi connectivity index (χ4n) is 5.84. The number of rotatable bonds is 5. The van der Waals surface area contributed by atoms with E-state index in [-0.39, 0.29) is 29.5 Å². The van der Waals surface area contributed by atoms with E-state index in [2.05, 4.69) is 29.4 Å². The zero-order valence-corrected chi connectivity index (χ0v) is 24.3. The van der Waals surface area contributed by atoms with Gasteiger partial charge in [0.2, 0.25) is 11.7 Å². The van der Waals surface area contributed by atoms with Crippen LogP contribution in [0, 0.1) is 5.92 Å². The molecule has 3 aromatic rings. The summed E-state index contributed by atoms with van der Waals surface area (Å²) < 4.78 is 7.26. The monoisotopic (exact) mass is 560 g/mol. The molecule has 0 spiro atoms. The Kier molecular flexibility index (Phi) is 8.85. The lowest BCUT2D eigenvalue weighted by molar-refractivity contribution is -0.134. The van der Waals surface area contributed by atoms with E-state index in [0.29, 0.717) is 69.2 Å². The van der Waals surface area contributed by atoms with E-state index < -0.39 is 0 Å². The molecule has 41 heavy (non-hydrogen) atoms. The molecule has 1 unspecified atom stereocenters. The van der Waals surface area contributed by atoms with Gasteiger partial charge in [0.25, 0.3) is 11.8 Å². The van der Waals surface area contributed by atoms with Gasteiger partial charge in [0, 0.05) is 68.6 Å². The van der Waals surface area contributed by atoms with Crippen LogP contribution in [-0.2, 0) is 24.7 Å². The van der Waals surface area contributed by atoms with E-state index in [0.717, 1.165) is 36.1 Å². The van der Waals surface area contributed by atoms with Crippen molar-refractivity contribution in [2.24, 2.45) is 13.0 Å². The molecule has 2 aliphatic rings. The van der Waals surface area contributed by atoms with Crippen LogP contribution in [-0.4, -0.2) is 74.7 Å². The molecule has 2 aromatic heterocycles. The molecule has 1 aliphatic carbocycles. The molecular formula is C31H40N6O4. The summed E-state index contributed by atoms with van der Waals surface area (Å²) >= 11 is 0. The van der Waals surface area contributed by atoms with Crippen molar-refractivity contribution >= 4 is 17.7 Å². The van der Waals surface area contributed by atoms with Crippen molar-refractivity contribution in [1.29, 1.82) is 0 Å². The number of aryl methyl sites for hydroxylation is 1. The Morgan fingerprint density at radius 2 is 1.90 bits per heavy atom. The highest BCUT2D eigenvalue weighted by molar-refractivity contribution is 5.94. The first-order valence-corrected chi connectivity index (χ1v) is 14.8. The largest absolute Gasteiger partial charge is 0.351 e. The molecule has 3 heterocycles. The predicted molar refractivity (Wildman–Crippen MR) is 154 cm³/mol. The van der Waals surface area contributed by atoms with Gasteiger partial charge in [0.05, 0.1) is 0 Å². The van der Waals surface area contributed by atoms with Crippen LogP contribution in [0.1, 0.15) is 78.3 Å². The van der Waals surface area contributed by atoms with Crippen LogP contribution in [0.4, 0.5) is 0 Å². The summed E-state index contributed by atoms with van der Waals surface area (Å²) in [6.07, 6.45) is 4.64. The number of benzene rings is 1. The summed E-state index contributed by atoms with van der Waals surface area (Å²) in [4.78, 5) is 44.1. The van der Waals surface area contributed by atoms with Crippen molar-refractivity contribution in [3.8, 4) is 11.3 Å². The number of fused-ring (bicyclic) bond motifs is 1. The normalized spacial score (nSPS) is 18.7. The summed E-state index contributed by atoms with van der Waals surface area (Å²) in [5, 5.41) is 11.7. The van der Waals surface area contributed by atoms with E-state index in [1.54, 1.807) is 11.0 Å². The average molecular weight is 561 g/mol. The summed E-state index contributed by atoms with van der Waals surface area (Å²) in [7, 11) is 1.88. The molecule has 2 bridgehead atoms. The summed E-state index contributed by atoms with van der Waals surface area (Å²) in [5.74, 6) is 0.244. The van der Waals surface area contributed by atoms with E-state index >= 15 is 0 Å². The number of hydrogen-bond acceptors (Lipinski definition) is 6. The van der Waals surface area contributed by atoms with Crippen molar-refractivity contribution < 1.29 is 18.9 Å². The van der Waals surface area contributed by atoms with Gasteiger partial charge in [-0.1, -0.05) is 49.3 Å². The molecule has 1 atom stereocenters. The van der Waals surface area contributed by atoms with Crippen molar-refractivity contribution in [3.63, 3.8) is 0 Å². The number of carbonyl (C=O) groups is 3. The fourth-order valence-corrected chi connectivity index (χ4v) is 5.84. The van der Waals surface area contributed by atoms with Gasteiger partial charge in [-0.15, -0.1) is 0 Å². The molecule has 0 fully saturated rings. The number of carbonyl (C=O) groups excluding carboxylic acids is 3. The van der Waals surface area contributed by atoms with Crippen LogP contribution in [0.15, 0.2) is 40.9 Å². The molecule has 218 valence electrons. The number of hydrogen-bond donors (Lipinski definition) is 1. The molecule has 1 aliphatic heterocycles. The molecule has 10 heteroatoms. The van der Waals surface area contributed by atoms with Crippen LogP contribution in [0.3, 0.4) is 0 Å². The minimum atomic E-state index is -0.271. The van der Waals surface area contributed by atoms with Gasteiger partial charge in [-0.3, -0.25) is 19.1 Å². The fraction of sp³-hybridized carbons (Fsp3) is 0.516. The third kappa shape index (κ3) is 6.52. The molecule has 0 saturated carbocycles. The van der Waals surface area contributed by atoms with Gasteiger partial charge in [-0.2, -0.15) is 5.10 Å². The lowest BCUT2D eigenvalue weighted by Gasteiger charge is -2.35. The van der Waals surface area contributed by atoms with E-state index in [1.807, 2.05) is 47.0 Å². The first kappa shape index (κ1) is 28.6. The predicted octanol–water partition coefficient (Wildman–Crippen LogP) is 3.86. The maximum absolute atomic E-state index is 13.6. The van der Waals surface area contributed by atoms with Crippen molar-refractivity contribution in [3.05, 3.63) is 59.1 Å². The van der Waals surface area contributed by atoms with Gasteiger partial charge in [-0.05, 0) is 44.4 Å². The molecule has 10 nitrogen and oxygen atoms in total. The molecule has 1 aromatic carbocycles. The zero-order chi connectivity index (χ0) is 28.9. The highest BCUT2D eigenvalue weighted by Gasteiger charge is 2.33. The molecule has 3 amide bonds. The second-order valence-electron chi connectivity index (χ2n) is 11.5. The molecule has 0 radical (unpaired) electrons. The van der Waals surface area contributed by atoms with Crippen molar-refractivity contribution in [1.82, 2.24) is 30.1 Å². The SMILES string of the molecule is CC(C)CCN1C(=O)CCCN(C(=O)c2cc(-c3ccccc3)no2)CCCNC(=O)c2nn(C)c3c2CC1CC3. The van der Waals surface area contributed by atoms with E-state index in [4.69, 9.17) is 4.52 Å². The lowest BCUT2D eigenvalue weighted by Crippen LogP contribution is -2.45. The highest BCUT2D eigenvalue weighted by Crippen LogP contribution is 2.28. The summed E-state index contributed by atoms with van der Waals surface area (Å²) in [5.41, 5.74) is 3.94. The van der Waals surface area contributed by atoms with Gasteiger partial charge >= 0.3 is 0 Å². The van der Waals surface area contributed by atoms with E-state index in [9.17, 15) is 14.4 Å². The standard InChI is InChI=1S/C31H40N6O4/c1-21(2)14-18-37-23-12-13-26-24(19-23)29(33-35(26)3)30(39)32-15-8-17-36(16-7-11-28(37)38)31(40)27-20-25(34-41-27)22-9-5-4-6-10-22/h4-6,9-10,20-21,23H,7-8,11-19H2,1-3H3,(H,32,39). The summed E-state index contributed by atoms with van der Waals surface area (Å²) in [6, 6.07) is 11.2. The Hall–Kier alpha value is -3.95. The van der Waals surface area contributed by atoms with E-state index in [1.165, 1.54) is 0 Å². The zero-order valence-electron chi connectivity index (χ0n) is 24.3. The average Bonchev–Trinajstić information content (AvgIpc) is 3.59. The minimum absolute atomic E-state index is 0.0259. The third-order valence-corrected chi connectivity index (χ3v) is 8.14. The van der Waals surface area contributed by atoms with Crippen LogP contribution in [0.25, 0.3) is 11.3 Å². The van der Waals surface area contributed by atoms with Crippen LogP contribution >= 0.6 is 0 Å². The minimum Gasteiger partial charge on any atom is -0.351 e. The van der Waals surface area contributed by atoms with Crippen molar-refractivity contribution in [2.45, 2.75) is 64.8 Å². The first-order chi connectivity index (χ1) is 19.8. The second kappa shape index (κ2) is 12.7. The Balaban J connectivity index is 1.37.